The molecule has 0 radical (unpaired) electrons. The number of nitrogens with two attached hydrogens (primary N) is 1. The largest absolute Gasteiger partial charge is 0.368 e. The molecule has 1 aromatic rings. The number of fused-ring (bicyclic) bond motifs is 2. The first kappa shape index (κ1) is 16.1. The van der Waals surface area contributed by atoms with Gasteiger partial charge >= 0.3 is 6.03 Å². The second kappa shape index (κ2) is 6.77. The van der Waals surface area contributed by atoms with E-state index in [9.17, 15) is 9.59 Å². The highest BCUT2D eigenvalue weighted by atomic mass is 32.2. The number of nitrogen functional groups attached to an aromatic ring is 1. The molecule has 0 aromatic carbocycles. The van der Waals surface area contributed by atoms with Crippen LogP contribution in [0.15, 0.2) is 5.16 Å². The van der Waals surface area contributed by atoms with E-state index in [0.717, 1.165) is 23.6 Å². The molecule has 2 aliphatic rings. The molecule has 126 valence electrons. The van der Waals surface area contributed by atoms with E-state index in [0.29, 0.717) is 11.1 Å². The summed E-state index contributed by atoms with van der Waals surface area (Å²) in [5.74, 6) is 2.00. The van der Waals surface area contributed by atoms with Crippen LogP contribution >= 0.6 is 11.8 Å². The summed E-state index contributed by atoms with van der Waals surface area (Å²) in [7, 11) is 0. The van der Waals surface area contributed by atoms with E-state index in [-0.39, 0.29) is 23.7 Å². The number of aromatic nitrogens is 3. The van der Waals surface area contributed by atoms with Gasteiger partial charge in [-0.15, -0.1) is 5.10 Å². The van der Waals surface area contributed by atoms with Crippen LogP contribution in [0.3, 0.4) is 0 Å². The average molecular weight is 338 g/mol. The van der Waals surface area contributed by atoms with Gasteiger partial charge in [0.15, 0.2) is 0 Å². The number of carbonyl (C=O) groups is 2. The summed E-state index contributed by atoms with van der Waals surface area (Å²) in [6.45, 7) is 2.03. The number of thioether (sulfide) groups is 1. The molecule has 1 aromatic heterocycles. The number of imide groups is 1. The topological polar surface area (TPSA) is 126 Å². The minimum absolute atomic E-state index is 0.0627. The highest BCUT2D eigenvalue weighted by Gasteiger charge is 2.42. The van der Waals surface area contributed by atoms with Gasteiger partial charge in [-0.1, -0.05) is 18.2 Å². The summed E-state index contributed by atoms with van der Waals surface area (Å²) in [4.78, 5) is 27.6. The minimum Gasteiger partial charge on any atom is -0.368 e. The number of urea groups is 1. The lowest BCUT2D eigenvalue weighted by Gasteiger charge is -2.28. The van der Waals surface area contributed by atoms with E-state index in [2.05, 4.69) is 25.8 Å². The first-order valence-corrected chi connectivity index (χ1v) is 8.91. The Morgan fingerprint density at radius 3 is 2.87 bits per heavy atom. The summed E-state index contributed by atoms with van der Waals surface area (Å²) in [6, 6.07) is -0.334. The van der Waals surface area contributed by atoms with Gasteiger partial charge in [-0.05, 0) is 43.9 Å². The number of rotatable bonds is 5. The predicted molar refractivity (Wildman–Crippen MR) is 86.6 cm³/mol. The normalized spacial score (nSPS) is 26.9. The molecular weight excluding hydrogens is 316 g/mol. The maximum Gasteiger partial charge on any atom is 0.321 e. The van der Waals surface area contributed by atoms with Crippen LogP contribution in [-0.2, 0) is 4.79 Å². The second-order valence-corrected chi connectivity index (χ2v) is 7.38. The zero-order chi connectivity index (χ0) is 16.4. The minimum atomic E-state index is -0.430. The fourth-order valence-electron chi connectivity index (χ4n) is 3.87. The van der Waals surface area contributed by atoms with Gasteiger partial charge in [0, 0.05) is 6.04 Å². The average Bonchev–Trinajstić information content (AvgIpc) is 3.21. The number of anilines is 1. The van der Waals surface area contributed by atoms with E-state index in [1.807, 2.05) is 6.92 Å². The Morgan fingerprint density at radius 1 is 1.43 bits per heavy atom. The fourth-order valence-corrected chi connectivity index (χ4v) is 4.48. The van der Waals surface area contributed by atoms with E-state index in [1.54, 1.807) is 0 Å². The van der Waals surface area contributed by atoms with Crippen molar-refractivity contribution in [2.75, 3.05) is 11.5 Å². The van der Waals surface area contributed by atoms with Crippen molar-refractivity contribution in [1.82, 2.24) is 25.8 Å². The molecule has 4 atom stereocenters. The van der Waals surface area contributed by atoms with Crippen molar-refractivity contribution < 1.29 is 9.59 Å². The van der Waals surface area contributed by atoms with E-state index in [4.69, 9.17) is 5.73 Å². The molecule has 3 rings (SSSR count). The fraction of sp³-hybridized carbons (Fsp3) is 0.714. The molecule has 2 aliphatic carbocycles. The molecular formula is C14H22N6O2S. The van der Waals surface area contributed by atoms with Crippen molar-refractivity contribution in [2.24, 2.45) is 17.8 Å². The molecule has 9 heteroatoms. The van der Waals surface area contributed by atoms with Crippen LogP contribution < -0.4 is 16.4 Å². The Morgan fingerprint density at radius 2 is 2.26 bits per heavy atom. The summed E-state index contributed by atoms with van der Waals surface area (Å²) in [6.07, 6.45) is 5.11. The van der Waals surface area contributed by atoms with Crippen LogP contribution in [0.4, 0.5) is 10.7 Å². The maximum atomic E-state index is 11.9. The Hall–Kier alpha value is -1.77. The number of aromatic amines is 1. The molecule has 0 aliphatic heterocycles. The molecule has 5 N–H and O–H groups in total. The molecule has 3 amide bonds. The zero-order valence-corrected chi connectivity index (χ0v) is 13.9. The lowest BCUT2D eigenvalue weighted by molar-refractivity contribution is -0.117. The quantitative estimate of drug-likeness (QED) is 0.596. The van der Waals surface area contributed by atoms with Gasteiger partial charge in [0.05, 0.1) is 5.75 Å². The number of hydrogen-bond acceptors (Lipinski definition) is 6. The SMILES string of the molecule is C[C@@H](NC(=O)NC(=O)CSc1n[nH]c(N)n1)[C@@H]1C[C@H]2CC[C@H]1C2. The van der Waals surface area contributed by atoms with E-state index >= 15 is 0 Å². The Kier molecular flexibility index (Phi) is 4.74. The van der Waals surface area contributed by atoms with E-state index in [1.165, 1.54) is 25.7 Å². The number of carbonyl (C=O) groups excluding carboxylic acids is 2. The standard InChI is InChI=1S/C14H22N6O2S/c1-7(10-5-8-2-3-9(10)4-8)16-13(22)17-11(21)6-23-14-18-12(15)19-20-14/h7-10H,2-6H2,1H3,(H3,15,18,19,20)(H2,16,17,21,22)/t7-,8+,9+,10+/m1/s1. The lowest BCUT2D eigenvalue weighted by Crippen LogP contribution is -2.47. The predicted octanol–water partition coefficient (Wildman–Crippen LogP) is 1.13. The second-order valence-electron chi connectivity index (χ2n) is 6.44. The van der Waals surface area contributed by atoms with Crippen LogP contribution in [0.5, 0.6) is 0 Å². The molecule has 2 saturated carbocycles. The molecule has 0 saturated heterocycles. The number of H-pyrrole nitrogens is 1. The molecule has 2 bridgehead atoms. The van der Waals surface area contributed by atoms with Gasteiger partial charge in [0.1, 0.15) is 0 Å². The third-order valence-corrected chi connectivity index (χ3v) is 5.71. The van der Waals surface area contributed by atoms with Gasteiger partial charge in [0.25, 0.3) is 0 Å². The van der Waals surface area contributed by atoms with Crippen molar-refractivity contribution in [3.05, 3.63) is 0 Å². The first-order chi connectivity index (χ1) is 11.0. The smallest absolute Gasteiger partial charge is 0.321 e. The highest BCUT2D eigenvalue weighted by molar-refractivity contribution is 7.99. The highest BCUT2D eigenvalue weighted by Crippen LogP contribution is 2.49. The molecule has 1 heterocycles. The summed E-state index contributed by atoms with van der Waals surface area (Å²) in [5.41, 5.74) is 5.40. The lowest BCUT2D eigenvalue weighted by atomic mass is 9.84. The zero-order valence-electron chi connectivity index (χ0n) is 13.0. The molecule has 2 fully saturated rings. The Labute approximate surface area is 138 Å². The molecule has 8 nitrogen and oxygen atoms in total. The molecule has 0 unspecified atom stereocenters. The number of nitrogens with zero attached hydrogens (tertiary/aromatic N) is 2. The van der Waals surface area contributed by atoms with Crippen molar-refractivity contribution >= 4 is 29.6 Å². The van der Waals surface area contributed by atoms with Crippen LogP contribution in [0.25, 0.3) is 0 Å². The van der Waals surface area contributed by atoms with Crippen molar-refractivity contribution in [1.29, 1.82) is 0 Å². The monoisotopic (exact) mass is 338 g/mol. The third-order valence-electron chi connectivity index (χ3n) is 4.86. The number of nitrogens with one attached hydrogen (secondary N) is 3. The van der Waals surface area contributed by atoms with Crippen molar-refractivity contribution in [3.63, 3.8) is 0 Å². The number of amides is 3. The van der Waals surface area contributed by atoms with Crippen LogP contribution in [0.1, 0.15) is 32.6 Å². The Bertz CT molecular complexity index is 592. The number of hydrogen-bond donors (Lipinski definition) is 4. The van der Waals surface area contributed by atoms with E-state index < -0.39 is 6.03 Å². The van der Waals surface area contributed by atoms with Crippen LogP contribution in [0, 0.1) is 17.8 Å². The summed E-state index contributed by atoms with van der Waals surface area (Å²) >= 11 is 1.12. The van der Waals surface area contributed by atoms with Gasteiger partial charge in [0.2, 0.25) is 17.0 Å². The first-order valence-electron chi connectivity index (χ1n) is 7.92. The molecule has 23 heavy (non-hydrogen) atoms. The third kappa shape index (κ3) is 3.95. The van der Waals surface area contributed by atoms with Crippen LogP contribution in [0.2, 0.25) is 0 Å². The summed E-state index contributed by atoms with van der Waals surface area (Å²) < 4.78 is 0. The van der Waals surface area contributed by atoms with Gasteiger partial charge < -0.3 is 11.1 Å². The van der Waals surface area contributed by atoms with Crippen molar-refractivity contribution in [2.45, 2.75) is 43.8 Å². The van der Waals surface area contributed by atoms with Gasteiger partial charge in [-0.25, -0.2) is 9.89 Å². The van der Waals surface area contributed by atoms with Crippen molar-refractivity contribution in [3.8, 4) is 0 Å². The summed E-state index contributed by atoms with van der Waals surface area (Å²) in [5, 5.41) is 11.9. The van der Waals surface area contributed by atoms with Gasteiger partial charge in [-0.2, -0.15) is 4.98 Å². The molecule has 0 spiro atoms. The maximum absolute atomic E-state index is 11.9. The van der Waals surface area contributed by atoms with Gasteiger partial charge in [-0.3, -0.25) is 10.1 Å². The Balaban J connectivity index is 1.39. The van der Waals surface area contributed by atoms with Crippen LogP contribution in [-0.4, -0.2) is 38.9 Å².